The summed E-state index contributed by atoms with van der Waals surface area (Å²) in [5, 5.41) is 6.12. The number of carbonyl (C=O) groups excluding carboxylic acids is 1. The first-order chi connectivity index (χ1) is 11.5. The van der Waals surface area contributed by atoms with Crippen molar-refractivity contribution < 1.29 is 4.79 Å². The molecule has 1 amide bonds. The van der Waals surface area contributed by atoms with Crippen LogP contribution in [0.15, 0.2) is 17.1 Å². The molecular formula is C16H24Cl2N6O2. The van der Waals surface area contributed by atoms with Crippen molar-refractivity contribution in [3.63, 3.8) is 0 Å². The Morgan fingerprint density at radius 1 is 1.27 bits per heavy atom. The van der Waals surface area contributed by atoms with Crippen molar-refractivity contribution in [3.8, 4) is 0 Å². The van der Waals surface area contributed by atoms with Crippen molar-refractivity contribution in [2.45, 2.75) is 33.4 Å². The van der Waals surface area contributed by atoms with Gasteiger partial charge in [0.05, 0.1) is 0 Å². The zero-order valence-corrected chi connectivity index (χ0v) is 16.5. The lowest BCUT2D eigenvalue weighted by Gasteiger charge is -2.10. The minimum atomic E-state index is -0.289. The van der Waals surface area contributed by atoms with Gasteiger partial charge in [-0.15, -0.1) is 24.8 Å². The molecule has 0 aromatic carbocycles. The van der Waals surface area contributed by atoms with Crippen molar-refractivity contribution in [1.29, 1.82) is 0 Å². The third kappa shape index (κ3) is 5.06. The van der Waals surface area contributed by atoms with Crippen LogP contribution in [0.25, 0.3) is 0 Å². The predicted molar refractivity (Wildman–Crippen MR) is 104 cm³/mol. The van der Waals surface area contributed by atoms with Gasteiger partial charge in [0.25, 0.3) is 5.91 Å². The molecule has 0 saturated heterocycles. The van der Waals surface area contributed by atoms with E-state index in [1.54, 1.807) is 17.7 Å². The molecule has 0 unspecified atom stereocenters. The van der Waals surface area contributed by atoms with Crippen LogP contribution in [0.5, 0.6) is 0 Å². The molecule has 26 heavy (non-hydrogen) atoms. The largest absolute Gasteiger partial charge is 0.349 e. The van der Waals surface area contributed by atoms with Gasteiger partial charge in [0.1, 0.15) is 11.5 Å². The molecule has 0 spiro atoms. The number of halogens is 2. The molecule has 1 aliphatic heterocycles. The van der Waals surface area contributed by atoms with E-state index < -0.39 is 0 Å². The fraction of sp³-hybridized carbons (Fsp3) is 0.500. The van der Waals surface area contributed by atoms with Crippen LogP contribution in [-0.4, -0.2) is 44.6 Å². The van der Waals surface area contributed by atoms with Crippen LogP contribution < -0.4 is 16.3 Å². The first-order valence-corrected chi connectivity index (χ1v) is 8.14. The van der Waals surface area contributed by atoms with E-state index in [1.807, 2.05) is 17.6 Å². The zero-order chi connectivity index (χ0) is 17.1. The highest BCUT2D eigenvalue weighted by molar-refractivity contribution is 5.92. The molecular weight excluding hydrogens is 379 g/mol. The Kier molecular flexibility index (Phi) is 8.26. The van der Waals surface area contributed by atoms with Crippen LogP contribution in [-0.2, 0) is 19.5 Å². The van der Waals surface area contributed by atoms with Gasteiger partial charge in [0.15, 0.2) is 0 Å². The van der Waals surface area contributed by atoms with Crippen LogP contribution in [0.1, 0.15) is 27.7 Å². The van der Waals surface area contributed by atoms with E-state index in [9.17, 15) is 9.59 Å². The molecule has 0 bridgehead atoms. The smallest absolute Gasteiger partial charge is 0.348 e. The van der Waals surface area contributed by atoms with E-state index in [0.29, 0.717) is 24.5 Å². The Morgan fingerprint density at radius 2 is 2.04 bits per heavy atom. The predicted octanol–water partition coefficient (Wildman–Crippen LogP) is 0.476. The van der Waals surface area contributed by atoms with Crippen LogP contribution in [0.4, 0.5) is 0 Å². The maximum absolute atomic E-state index is 12.3. The number of hydrogen-bond acceptors (Lipinski definition) is 5. The monoisotopic (exact) mass is 402 g/mol. The Hall–Kier alpha value is -1.90. The summed E-state index contributed by atoms with van der Waals surface area (Å²) in [6.07, 6.45) is 2.61. The van der Waals surface area contributed by atoms with Gasteiger partial charge in [-0.3, -0.25) is 9.36 Å². The number of nitrogens with zero attached hydrogens (tertiary/aromatic N) is 4. The second-order valence-corrected chi connectivity index (χ2v) is 5.96. The van der Waals surface area contributed by atoms with Gasteiger partial charge < -0.3 is 15.2 Å². The number of rotatable bonds is 4. The normalized spacial score (nSPS) is 13.0. The zero-order valence-electron chi connectivity index (χ0n) is 14.8. The molecule has 0 atom stereocenters. The summed E-state index contributed by atoms with van der Waals surface area (Å²) in [6, 6.07) is 1.85. The molecule has 8 nitrogen and oxygen atoms in total. The molecule has 0 saturated carbocycles. The standard InChI is InChI=1S/C16H22N6O2.2ClH/c1-11-9-12(2)22(16(24)19-11)8-6-18-15(23)13-10-21-7-5-17-4-3-14(21)20-13;;/h9-10,17H,3-8H2,1-2H3,(H,18,23);2*1H. The minimum Gasteiger partial charge on any atom is -0.349 e. The van der Waals surface area contributed by atoms with Crippen molar-refractivity contribution in [2.75, 3.05) is 19.6 Å². The number of hydrogen-bond donors (Lipinski definition) is 2. The Morgan fingerprint density at radius 3 is 2.77 bits per heavy atom. The SMILES string of the molecule is Cc1cc(C)n(CCNC(=O)c2cn3c(n2)CCNCC3)c(=O)n1.Cl.Cl. The number of amides is 1. The summed E-state index contributed by atoms with van der Waals surface area (Å²) < 4.78 is 3.58. The number of fused-ring (bicyclic) bond motifs is 1. The van der Waals surface area contributed by atoms with Gasteiger partial charge in [-0.05, 0) is 19.9 Å². The lowest BCUT2D eigenvalue weighted by molar-refractivity contribution is 0.0947. The maximum Gasteiger partial charge on any atom is 0.348 e. The quantitative estimate of drug-likeness (QED) is 0.775. The summed E-state index contributed by atoms with van der Waals surface area (Å²) in [5.41, 5.74) is 1.68. The van der Waals surface area contributed by atoms with Crippen molar-refractivity contribution in [2.24, 2.45) is 0 Å². The first-order valence-electron chi connectivity index (χ1n) is 8.14. The van der Waals surface area contributed by atoms with Gasteiger partial charge in [-0.2, -0.15) is 4.98 Å². The Labute approximate surface area is 164 Å². The van der Waals surface area contributed by atoms with E-state index in [1.165, 1.54) is 0 Å². The van der Waals surface area contributed by atoms with E-state index in [2.05, 4.69) is 20.6 Å². The highest BCUT2D eigenvalue weighted by Crippen LogP contribution is 2.06. The number of imidazole rings is 1. The molecule has 0 radical (unpaired) electrons. The molecule has 0 aliphatic carbocycles. The molecule has 0 fully saturated rings. The first kappa shape index (κ1) is 22.1. The minimum absolute atomic E-state index is 0. The van der Waals surface area contributed by atoms with Crippen LogP contribution in [0.3, 0.4) is 0 Å². The van der Waals surface area contributed by atoms with Gasteiger partial charge in [-0.1, -0.05) is 0 Å². The lowest BCUT2D eigenvalue weighted by atomic mass is 10.3. The number of aromatic nitrogens is 4. The summed E-state index contributed by atoms with van der Waals surface area (Å²) in [6.45, 7) is 6.97. The molecule has 2 aromatic rings. The van der Waals surface area contributed by atoms with Crippen molar-refractivity contribution in [1.82, 2.24) is 29.7 Å². The number of carbonyl (C=O) groups is 1. The van der Waals surface area contributed by atoms with E-state index >= 15 is 0 Å². The number of nitrogens with one attached hydrogen (secondary N) is 2. The number of aryl methyl sites for hydroxylation is 2. The molecule has 2 N–H and O–H groups in total. The van der Waals surface area contributed by atoms with Gasteiger partial charge in [-0.25, -0.2) is 9.78 Å². The third-order valence-electron chi connectivity index (χ3n) is 4.11. The average Bonchev–Trinajstić information content (AvgIpc) is 2.81. The molecule has 1 aliphatic rings. The van der Waals surface area contributed by atoms with E-state index in [-0.39, 0.29) is 36.4 Å². The molecule has 10 heteroatoms. The molecule has 3 rings (SSSR count). The summed E-state index contributed by atoms with van der Waals surface area (Å²) in [7, 11) is 0. The Balaban J connectivity index is 0.00000169. The van der Waals surface area contributed by atoms with Crippen LogP contribution in [0, 0.1) is 13.8 Å². The van der Waals surface area contributed by atoms with Gasteiger partial charge in [0, 0.05) is 56.7 Å². The van der Waals surface area contributed by atoms with Gasteiger partial charge >= 0.3 is 5.69 Å². The Bertz CT molecular complexity index is 794. The van der Waals surface area contributed by atoms with Gasteiger partial charge in [0.2, 0.25) is 0 Å². The summed E-state index contributed by atoms with van der Waals surface area (Å²) in [4.78, 5) is 32.5. The fourth-order valence-corrected chi connectivity index (χ4v) is 2.90. The molecule has 3 heterocycles. The summed E-state index contributed by atoms with van der Waals surface area (Å²) >= 11 is 0. The summed E-state index contributed by atoms with van der Waals surface area (Å²) in [5.74, 6) is 0.717. The van der Waals surface area contributed by atoms with E-state index in [4.69, 9.17) is 0 Å². The highest BCUT2D eigenvalue weighted by Gasteiger charge is 2.15. The van der Waals surface area contributed by atoms with E-state index in [0.717, 1.165) is 37.6 Å². The second-order valence-electron chi connectivity index (χ2n) is 5.96. The van der Waals surface area contributed by atoms with Crippen LogP contribution in [0.2, 0.25) is 0 Å². The fourth-order valence-electron chi connectivity index (χ4n) is 2.90. The van der Waals surface area contributed by atoms with Crippen molar-refractivity contribution >= 4 is 30.7 Å². The van der Waals surface area contributed by atoms with Crippen LogP contribution >= 0.6 is 24.8 Å². The highest BCUT2D eigenvalue weighted by atomic mass is 35.5. The second kappa shape index (κ2) is 9.70. The maximum atomic E-state index is 12.3. The average molecular weight is 403 g/mol. The molecule has 144 valence electrons. The molecule has 2 aromatic heterocycles. The topological polar surface area (TPSA) is 93.8 Å². The lowest BCUT2D eigenvalue weighted by Crippen LogP contribution is -2.33. The van der Waals surface area contributed by atoms with Crippen molar-refractivity contribution in [3.05, 3.63) is 45.7 Å². The third-order valence-corrected chi connectivity index (χ3v) is 4.11.